The fraction of sp³-hybridized carbons (Fsp3) is 0.308. The second-order valence-electron chi connectivity index (χ2n) is 3.47. The fourth-order valence-electron chi connectivity index (χ4n) is 1.74. The first-order valence-electron chi connectivity index (χ1n) is 5.60. The van der Waals surface area contributed by atoms with Gasteiger partial charge in [0.1, 0.15) is 11.6 Å². The molecule has 3 heteroatoms. The average molecular weight is 216 g/mol. The van der Waals surface area contributed by atoms with E-state index in [4.69, 9.17) is 4.74 Å². The molecule has 0 aliphatic heterocycles. The summed E-state index contributed by atoms with van der Waals surface area (Å²) in [6, 6.07) is 8.01. The molecule has 0 amide bonds. The Bertz CT molecular complexity index is 462. The molecule has 0 aliphatic carbocycles. The van der Waals surface area contributed by atoms with E-state index in [0.29, 0.717) is 6.61 Å². The van der Waals surface area contributed by atoms with Gasteiger partial charge in [-0.3, -0.25) is 0 Å². The van der Waals surface area contributed by atoms with E-state index in [1.807, 2.05) is 43.6 Å². The molecule has 0 N–H and O–H groups in total. The molecule has 0 fully saturated rings. The minimum atomic E-state index is 0.670. The molecule has 2 aromatic rings. The molecule has 1 aromatic carbocycles. The van der Waals surface area contributed by atoms with Crippen molar-refractivity contribution in [2.75, 3.05) is 6.61 Å². The van der Waals surface area contributed by atoms with Gasteiger partial charge in [0.2, 0.25) is 0 Å². The van der Waals surface area contributed by atoms with Gasteiger partial charge >= 0.3 is 0 Å². The van der Waals surface area contributed by atoms with Crippen molar-refractivity contribution in [1.82, 2.24) is 9.55 Å². The summed E-state index contributed by atoms with van der Waals surface area (Å²) < 4.78 is 7.72. The summed E-state index contributed by atoms with van der Waals surface area (Å²) in [5.74, 6) is 1.86. The highest BCUT2D eigenvalue weighted by Crippen LogP contribution is 2.28. The summed E-state index contributed by atoms with van der Waals surface area (Å²) >= 11 is 0. The van der Waals surface area contributed by atoms with E-state index in [1.54, 1.807) is 0 Å². The quantitative estimate of drug-likeness (QED) is 0.785. The van der Waals surface area contributed by atoms with Gasteiger partial charge in [-0.25, -0.2) is 4.98 Å². The highest BCUT2D eigenvalue weighted by molar-refractivity contribution is 5.64. The Balaban J connectivity index is 2.46. The Kier molecular flexibility index (Phi) is 3.25. The summed E-state index contributed by atoms with van der Waals surface area (Å²) in [5, 5.41) is 0. The van der Waals surface area contributed by atoms with E-state index in [1.165, 1.54) is 0 Å². The van der Waals surface area contributed by atoms with E-state index in [2.05, 4.69) is 16.5 Å². The number of aryl methyl sites for hydroxylation is 1. The molecule has 16 heavy (non-hydrogen) atoms. The third-order valence-corrected chi connectivity index (χ3v) is 2.48. The molecular formula is C13H16N2O. The predicted octanol–water partition coefficient (Wildman–Crippen LogP) is 2.97. The van der Waals surface area contributed by atoms with Crippen molar-refractivity contribution >= 4 is 0 Å². The van der Waals surface area contributed by atoms with Crippen LogP contribution in [0.1, 0.15) is 13.8 Å². The normalized spacial score (nSPS) is 10.4. The summed E-state index contributed by atoms with van der Waals surface area (Å²) in [6.07, 6.45) is 3.81. The second-order valence-corrected chi connectivity index (χ2v) is 3.47. The van der Waals surface area contributed by atoms with Gasteiger partial charge in [0.25, 0.3) is 0 Å². The van der Waals surface area contributed by atoms with E-state index in [0.717, 1.165) is 23.7 Å². The number of aromatic nitrogens is 2. The zero-order chi connectivity index (χ0) is 11.4. The number of hydrogen-bond donors (Lipinski definition) is 0. The zero-order valence-electron chi connectivity index (χ0n) is 9.68. The minimum absolute atomic E-state index is 0.670. The van der Waals surface area contributed by atoms with E-state index in [-0.39, 0.29) is 0 Å². The molecule has 0 unspecified atom stereocenters. The molecule has 0 atom stereocenters. The van der Waals surface area contributed by atoms with Gasteiger partial charge in [-0.05, 0) is 26.0 Å². The van der Waals surface area contributed by atoms with Crippen LogP contribution in [0.25, 0.3) is 11.4 Å². The van der Waals surface area contributed by atoms with Gasteiger partial charge in [-0.15, -0.1) is 0 Å². The van der Waals surface area contributed by atoms with E-state index >= 15 is 0 Å². The number of hydrogen-bond acceptors (Lipinski definition) is 2. The Morgan fingerprint density at radius 3 is 2.81 bits per heavy atom. The van der Waals surface area contributed by atoms with Crippen molar-refractivity contribution in [3.63, 3.8) is 0 Å². The van der Waals surface area contributed by atoms with Crippen LogP contribution in [0.4, 0.5) is 0 Å². The summed E-state index contributed by atoms with van der Waals surface area (Å²) in [7, 11) is 0. The van der Waals surface area contributed by atoms with Crippen LogP contribution in [0.3, 0.4) is 0 Å². The maximum absolute atomic E-state index is 5.61. The summed E-state index contributed by atoms with van der Waals surface area (Å²) in [6.45, 7) is 5.68. The molecule has 0 bridgehead atoms. The van der Waals surface area contributed by atoms with Gasteiger partial charge in [0.05, 0.1) is 12.2 Å². The first-order valence-corrected chi connectivity index (χ1v) is 5.60. The van der Waals surface area contributed by atoms with Crippen molar-refractivity contribution in [3.05, 3.63) is 36.7 Å². The third-order valence-electron chi connectivity index (χ3n) is 2.48. The molecular weight excluding hydrogens is 200 g/mol. The number of ether oxygens (including phenoxy) is 1. The van der Waals surface area contributed by atoms with Crippen LogP contribution in [0.5, 0.6) is 5.75 Å². The topological polar surface area (TPSA) is 27.1 Å². The molecule has 0 spiro atoms. The summed E-state index contributed by atoms with van der Waals surface area (Å²) in [5.41, 5.74) is 1.05. The molecule has 3 nitrogen and oxygen atoms in total. The fourth-order valence-corrected chi connectivity index (χ4v) is 1.74. The monoisotopic (exact) mass is 216 g/mol. The SMILES string of the molecule is CCOc1ccccc1-c1nccn1CC. The van der Waals surface area contributed by atoms with Crippen LogP contribution in [0.15, 0.2) is 36.7 Å². The number of imidazole rings is 1. The lowest BCUT2D eigenvalue weighted by Gasteiger charge is -2.10. The molecule has 0 saturated carbocycles. The average Bonchev–Trinajstić information content (AvgIpc) is 2.78. The molecule has 0 aliphatic rings. The number of para-hydroxylation sites is 1. The van der Waals surface area contributed by atoms with E-state index < -0.39 is 0 Å². The number of benzene rings is 1. The van der Waals surface area contributed by atoms with Crippen molar-refractivity contribution in [2.45, 2.75) is 20.4 Å². The summed E-state index contributed by atoms with van der Waals surface area (Å²) in [4.78, 5) is 4.38. The lowest BCUT2D eigenvalue weighted by atomic mass is 10.2. The van der Waals surface area contributed by atoms with Crippen LogP contribution in [0, 0.1) is 0 Å². The van der Waals surface area contributed by atoms with Gasteiger partial charge < -0.3 is 9.30 Å². The first-order chi connectivity index (χ1) is 7.86. The second kappa shape index (κ2) is 4.84. The minimum Gasteiger partial charge on any atom is -0.493 e. The Labute approximate surface area is 95.7 Å². The van der Waals surface area contributed by atoms with Crippen LogP contribution in [-0.2, 0) is 6.54 Å². The Morgan fingerprint density at radius 2 is 2.06 bits per heavy atom. The van der Waals surface area contributed by atoms with E-state index in [9.17, 15) is 0 Å². The highest BCUT2D eigenvalue weighted by Gasteiger charge is 2.09. The standard InChI is InChI=1S/C13H16N2O/c1-3-15-10-9-14-13(15)11-7-5-6-8-12(11)16-4-2/h5-10H,3-4H2,1-2H3. The Hall–Kier alpha value is -1.77. The van der Waals surface area contributed by atoms with Gasteiger partial charge in [-0.2, -0.15) is 0 Å². The van der Waals surface area contributed by atoms with Crippen LogP contribution >= 0.6 is 0 Å². The van der Waals surface area contributed by atoms with Crippen molar-refractivity contribution < 1.29 is 4.74 Å². The lowest BCUT2D eigenvalue weighted by Crippen LogP contribution is -1.99. The highest BCUT2D eigenvalue weighted by atomic mass is 16.5. The van der Waals surface area contributed by atoms with Crippen molar-refractivity contribution in [3.8, 4) is 17.1 Å². The molecule has 1 heterocycles. The molecule has 1 aromatic heterocycles. The maximum Gasteiger partial charge on any atom is 0.143 e. The van der Waals surface area contributed by atoms with Gasteiger partial charge in [-0.1, -0.05) is 12.1 Å². The molecule has 84 valence electrons. The smallest absolute Gasteiger partial charge is 0.143 e. The maximum atomic E-state index is 5.61. The number of rotatable bonds is 4. The Morgan fingerprint density at radius 1 is 1.25 bits per heavy atom. The first kappa shape index (κ1) is 10.7. The third kappa shape index (κ3) is 1.94. The lowest BCUT2D eigenvalue weighted by molar-refractivity contribution is 0.341. The van der Waals surface area contributed by atoms with Crippen molar-refractivity contribution in [1.29, 1.82) is 0 Å². The van der Waals surface area contributed by atoms with Gasteiger partial charge in [0, 0.05) is 18.9 Å². The van der Waals surface area contributed by atoms with Crippen LogP contribution in [0.2, 0.25) is 0 Å². The molecule has 2 rings (SSSR count). The predicted molar refractivity (Wildman–Crippen MR) is 64.5 cm³/mol. The van der Waals surface area contributed by atoms with Crippen LogP contribution < -0.4 is 4.74 Å². The molecule has 0 radical (unpaired) electrons. The largest absolute Gasteiger partial charge is 0.493 e. The number of nitrogens with zero attached hydrogens (tertiary/aromatic N) is 2. The van der Waals surface area contributed by atoms with Crippen LogP contribution in [-0.4, -0.2) is 16.2 Å². The zero-order valence-corrected chi connectivity index (χ0v) is 9.68. The molecule has 0 saturated heterocycles. The van der Waals surface area contributed by atoms with Gasteiger partial charge in [0.15, 0.2) is 0 Å². The van der Waals surface area contributed by atoms with Crippen molar-refractivity contribution in [2.24, 2.45) is 0 Å².